The predicted molar refractivity (Wildman–Crippen MR) is 59.4 cm³/mol. The first-order valence-electron chi connectivity index (χ1n) is 5.19. The van der Waals surface area contributed by atoms with Crippen LogP contribution in [0.4, 0.5) is 0 Å². The van der Waals surface area contributed by atoms with E-state index >= 15 is 0 Å². The van der Waals surface area contributed by atoms with Crippen molar-refractivity contribution in [3.63, 3.8) is 0 Å². The SMILES string of the molecule is O=S(O)c1ccccc1C(O)C1CCCO1. The molecule has 1 saturated heterocycles. The maximum absolute atomic E-state index is 11.1. The fourth-order valence-electron chi connectivity index (χ4n) is 1.94. The van der Waals surface area contributed by atoms with Crippen molar-refractivity contribution in [2.75, 3.05) is 6.61 Å². The number of aliphatic hydroxyl groups excluding tert-OH is 1. The van der Waals surface area contributed by atoms with E-state index in [9.17, 15) is 9.32 Å². The topological polar surface area (TPSA) is 66.8 Å². The van der Waals surface area contributed by atoms with Gasteiger partial charge in [-0.2, -0.15) is 0 Å². The van der Waals surface area contributed by atoms with Crippen molar-refractivity contribution in [1.29, 1.82) is 0 Å². The van der Waals surface area contributed by atoms with Gasteiger partial charge in [0.1, 0.15) is 6.10 Å². The van der Waals surface area contributed by atoms with Crippen LogP contribution in [-0.4, -0.2) is 26.6 Å². The predicted octanol–water partition coefficient (Wildman–Crippen LogP) is 1.48. The van der Waals surface area contributed by atoms with Gasteiger partial charge >= 0.3 is 0 Å². The molecule has 2 rings (SSSR count). The number of ether oxygens (including phenoxy) is 1. The molecule has 4 nitrogen and oxygen atoms in total. The summed E-state index contributed by atoms with van der Waals surface area (Å²) in [4.78, 5) is 0.255. The molecular weight excluding hydrogens is 228 g/mol. The van der Waals surface area contributed by atoms with Crippen LogP contribution in [-0.2, 0) is 15.8 Å². The van der Waals surface area contributed by atoms with Gasteiger partial charge in [0.2, 0.25) is 0 Å². The lowest BCUT2D eigenvalue weighted by Crippen LogP contribution is -2.18. The van der Waals surface area contributed by atoms with Crippen LogP contribution in [0.25, 0.3) is 0 Å². The van der Waals surface area contributed by atoms with Gasteiger partial charge in [-0.05, 0) is 18.9 Å². The highest BCUT2D eigenvalue weighted by atomic mass is 32.2. The second-order valence-corrected chi connectivity index (χ2v) is 4.72. The fraction of sp³-hybridized carbons (Fsp3) is 0.455. The zero-order chi connectivity index (χ0) is 11.5. The maximum atomic E-state index is 11.1. The van der Waals surface area contributed by atoms with Gasteiger partial charge in [-0.3, -0.25) is 0 Å². The Balaban J connectivity index is 2.27. The summed E-state index contributed by atoms with van der Waals surface area (Å²) < 4.78 is 25.6. The molecule has 1 aromatic rings. The van der Waals surface area contributed by atoms with Crippen molar-refractivity contribution in [3.8, 4) is 0 Å². The van der Waals surface area contributed by atoms with Crippen LogP contribution in [0.5, 0.6) is 0 Å². The summed E-state index contributed by atoms with van der Waals surface area (Å²) in [5.74, 6) is 0. The highest BCUT2D eigenvalue weighted by Crippen LogP contribution is 2.29. The highest BCUT2D eigenvalue weighted by molar-refractivity contribution is 7.79. The molecule has 0 aromatic heterocycles. The Labute approximate surface area is 96.5 Å². The first kappa shape index (κ1) is 11.7. The Morgan fingerprint density at radius 2 is 2.19 bits per heavy atom. The second-order valence-electron chi connectivity index (χ2n) is 3.78. The molecule has 0 aliphatic carbocycles. The van der Waals surface area contributed by atoms with Crippen LogP contribution in [0.2, 0.25) is 0 Å². The molecule has 3 atom stereocenters. The molecule has 88 valence electrons. The average Bonchev–Trinajstić information content (AvgIpc) is 2.81. The lowest BCUT2D eigenvalue weighted by atomic mass is 10.0. The van der Waals surface area contributed by atoms with Gasteiger partial charge in [0.05, 0.1) is 11.0 Å². The molecule has 2 N–H and O–H groups in total. The summed E-state index contributed by atoms with van der Waals surface area (Å²) in [6, 6.07) is 6.62. The van der Waals surface area contributed by atoms with Crippen LogP contribution >= 0.6 is 0 Å². The van der Waals surface area contributed by atoms with Crippen LogP contribution < -0.4 is 0 Å². The van der Waals surface area contributed by atoms with Crippen molar-refractivity contribution < 1.29 is 18.6 Å². The summed E-state index contributed by atoms with van der Waals surface area (Å²) in [5.41, 5.74) is 0.482. The minimum Gasteiger partial charge on any atom is -0.386 e. The molecule has 5 heteroatoms. The molecule has 1 aromatic carbocycles. The standard InChI is InChI=1S/C11H14O4S/c12-11(9-5-3-7-15-9)8-4-1-2-6-10(8)16(13)14/h1-2,4,6,9,11-12H,3,5,7H2,(H,13,14). The summed E-state index contributed by atoms with van der Waals surface area (Å²) in [5, 5.41) is 10.1. The van der Waals surface area contributed by atoms with Crippen LogP contribution in [0.1, 0.15) is 24.5 Å². The molecular formula is C11H14O4S. The third kappa shape index (κ3) is 2.32. The summed E-state index contributed by atoms with van der Waals surface area (Å²) >= 11 is -2.08. The van der Waals surface area contributed by atoms with E-state index in [1.54, 1.807) is 24.3 Å². The first-order chi connectivity index (χ1) is 7.70. The van der Waals surface area contributed by atoms with Gasteiger partial charge in [-0.15, -0.1) is 0 Å². The number of benzene rings is 1. The quantitative estimate of drug-likeness (QED) is 0.788. The second kappa shape index (κ2) is 5.05. The van der Waals surface area contributed by atoms with E-state index in [1.165, 1.54) is 0 Å². The molecule has 1 aliphatic heterocycles. The van der Waals surface area contributed by atoms with E-state index in [0.29, 0.717) is 12.2 Å². The zero-order valence-corrected chi connectivity index (χ0v) is 9.52. The highest BCUT2D eigenvalue weighted by Gasteiger charge is 2.27. The molecule has 1 aliphatic rings. The zero-order valence-electron chi connectivity index (χ0n) is 8.70. The smallest absolute Gasteiger partial charge is 0.186 e. The lowest BCUT2D eigenvalue weighted by molar-refractivity contribution is -0.00394. The Bertz CT molecular complexity index is 387. The van der Waals surface area contributed by atoms with Crippen molar-refractivity contribution in [3.05, 3.63) is 29.8 Å². The molecule has 0 saturated carbocycles. The van der Waals surface area contributed by atoms with Gasteiger partial charge in [0.25, 0.3) is 0 Å². The number of rotatable bonds is 3. The molecule has 16 heavy (non-hydrogen) atoms. The minimum absolute atomic E-state index is 0.255. The molecule has 1 heterocycles. The van der Waals surface area contributed by atoms with Gasteiger partial charge < -0.3 is 14.4 Å². The maximum Gasteiger partial charge on any atom is 0.186 e. The van der Waals surface area contributed by atoms with Gasteiger partial charge in [-0.1, -0.05) is 18.2 Å². The molecule has 0 bridgehead atoms. The van der Waals surface area contributed by atoms with E-state index in [-0.39, 0.29) is 11.0 Å². The Morgan fingerprint density at radius 3 is 2.81 bits per heavy atom. The van der Waals surface area contributed by atoms with Crippen molar-refractivity contribution >= 4 is 11.1 Å². The van der Waals surface area contributed by atoms with E-state index in [4.69, 9.17) is 9.29 Å². The van der Waals surface area contributed by atoms with Crippen molar-refractivity contribution in [2.24, 2.45) is 0 Å². The molecule has 3 unspecified atom stereocenters. The average molecular weight is 242 g/mol. The van der Waals surface area contributed by atoms with Gasteiger partial charge in [0, 0.05) is 12.2 Å². The molecule has 0 amide bonds. The lowest BCUT2D eigenvalue weighted by Gasteiger charge is -2.19. The van der Waals surface area contributed by atoms with Gasteiger partial charge in [-0.25, -0.2) is 4.21 Å². The first-order valence-corrected chi connectivity index (χ1v) is 6.30. The Kier molecular flexibility index (Phi) is 3.70. The van der Waals surface area contributed by atoms with Gasteiger partial charge in [0.15, 0.2) is 11.1 Å². The summed E-state index contributed by atoms with van der Waals surface area (Å²) in [6.45, 7) is 0.645. The molecule has 0 spiro atoms. The monoisotopic (exact) mass is 242 g/mol. The van der Waals surface area contributed by atoms with Crippen LogP contribution in [0.3, 0.4) is 0 Å². The van der Waals surface area contributed by atoms with E-state index in [1.807, 2.05) is 0 Å². The van der Waals surface area contributed by atoms with E-state index in [2.05, 4.69) is 0 Å². The Morgan fingerprint density at radius 1 is 1.44 bits per heavy atom. The molecule has 1 fully saturated rings. The largest absolute Gasteiger partial charge is 0.386 e. The number of hydrogen-bond acceptors (Lipinski definition) is 3. The third-order valence-electron chi connectivity index (χ3n) is 2.74. The third-order valence-corrected chi connectivity index (χ3v) is 3.49. The molecule has 0 radical (unpaired) electrons. The van der Waals surface area contributed by atoms with Crippen LogP contribution in [0.15, 0.2) is 29.2 Å². The number of hydrogen-bond donors (Lipinski definition) is 2. The summed E-state index contributed by atoms with van der Waals surface area (Å²) in [6.07, 6.45) is 0.624. The minimum atomic E-state index is -2.08. The van der Waals surface area contributed by atoms with Crippen molar-refractivity contribution in [1.82, 2.24) is 0 Å². The summed E-state index contributed by atoms with van der Waals surface area (Å²) in [7, 11) is 0. The fourth-order valence-corrected chi connectivity index (χ4v) is 2.52. The van der Waals surface area contributed by atoms with E-state index < -0.39 is 17.2 Å². The van der Waals surface area contributed by atoms with Crippen molar-refractivity contribution in [2.45, 2.75) is 29.9 Å². The Hall–Kier alpha value is -0.750. The van der Waals surface area contributed by atoms with E-state index in [0.717, 1.165) is 12.8 Å². The number of aliphatic hydroxyl groups is 1. The van der Waals surface area contributed by atoms with Crippen LogP contribution in [0, 0.1) is 0 Å². The normalized spacial score (nSPS) is 24.2.